The zero-order valence-corrected chi connectivity index (χ0v) is 18.7. The molecule has 0 aliphatic carbocycles. The van der Waals surface area contributed by atoms with Gasteiger partial charge in [-0.05, 0) is 38.8 Å². The Morgan fingerprint density at radius 1 is 0.913 bits per heavy atom. The van der Waals surface area contributed by atoms with Crippen LogP contribution in [0.25, 0.3) is 0 Å². The smallest absolute Gasteiger partial charge is 0.232 e. The third-order valence-corrected chi connectivity index (χ3v) is 11.9. The normalized spacial score (nSPS) is 12.5. The van der Waals surface area contributed by atoms with E-state index in [-0.39, 0.29) is 6.60 Å². The van der Waals surface area contributed by atoms with Crippen LogP contribution in [0, 0.1) is 27.7 Å². The van der Waals surface area contributed by atoms with Crippen LogP contribution in [0.3, 0.4) is 0 Å². The van der Waals surface area contributed by atoms with Crippen LogP contribution in [0.4, 0.5) is 0 Å². The summed E-state index contributed by atoms with van der Waals surface area (Å²) in [5.74, 6) is 0. The molecule has 0 saturated carbocycles. The molecule has 23 heavy (non-hydrogen) atoms. The molecule has 0 spiro atoms. The second-order valence-electron chi connectivity index (χ2n) is 8.70. The van der Waals surface area contributed by atoms with E-state index < -0.39 is 16.5 Å². The summed E-state index contributed by atoms with van der Waals surface area (Å²) < 4.78 is 2.59. The molecule has 0 fully saturated rings. The zero-order chi connectivity index (χ0) is 18.2. The lowest BCUT2D eigenvalue weighted by Crippen LogP contribution is -2.66. The maximum Gasteiger partial charge on any atom is 0.232 e. The molecule has 1 radical (unpaired) electrons. The third-order valence-electron chi connectivity index (χ3n) is 4.66. The lowest BCUT2D eigenvalue weighted by atomic mass is 9.24. The minimum atomic E-state index is -1.52. The number of carbonyl (C=O) groups excluding carboxylic acids is 1. The molecule has 0 heterocycles. The number of benzene rings is 1. The molecule has 0 aliphatic rings. The Kier molecular flexibility index (Phi) is 6.33. The van der Waals surface area contributed by atoms with Gasteiger partial charge < -0.3 is 8.94 Å². The molecule has 0 saturated heterocycles. The van der Waals surface area contributed by atoms with Crippen molar-refractivity contribution in [3.63, 3.8) is 0 Å². The molecule has 1 aromatic carbocycles. The van der Waals surface area contributed by atoms with Crippen LogP contribution in [0.1, 0.15) is 22.3 Å². The predicted molar refractivity (Wildman–Crippen MR) is 112 cm³/mol. The van der Waals surface area contributed by atoms with Gasteiger partial charge in [-0.25, -0.2) is 0 Å². The van der Waals surface area contributed by atoms with E-state index in [1.54, 1.807) is 0 Å². The molecule has 1 rings (SSSR count). The third kappa shape index (κ3) is 4.71. The number of aryl methyl sites for hydroxylation is 2. The first-order chi connectivity index (χ1) is 10.3. The molecule has 0 N–H and O–H groups in total. The highest BCUT2D eigenvalue weighted by atomic mass is 28.4. The molecule has 2 nitrogen and oxygen atoms in total. The van der Waals surface area contributed by atoms with E-state index in [0.717, 1.165) is 6.19 Å². The van der Waals surface area contributed by atoms with Crippen molar-refractivity contribution in [1.29, 1.82) is 0 Å². The maximum absolute atomic E-state index is 12.0. The van der Waals surface area contributed by atoms with Gasteiger partial charge in [-0.3, -0.25) is 0 Å². The molecule has 125 valence electrons. The summed E-state index contributed by atoms with van der Waals surface area (Å²) in [4.78, 5) is 12.0. The largest absolute Gasteiger partial charge is 0.398 e. The summed E-state index contributed by atoms with van der Waals surface area (Å²) in [5.41, 5.74) is 6.27. The highest BCUT2D eigenvalue weighted by molar-refractivity contribution is 7.33. The second-order valence-corrected chi connectivity index (χ2v) is 18.8. The van der Waals surface area contributed by atoms with Gasteiger partial charge >= 0.3 is 0 Å². The Morgan fingerprint density at radius 2 is 1.30 bits per heavy atom. The quantitative estimate of drug-likeness (QED) is 0.582. The SMILES string of the molecule is Cc1cc(C)c(C)c(B([B]N([Si](C)(C)C)[Si](C)(C)C)C=O)c1C. The highest BCUT2D eigenvalue weighted by Crippen LogP contribution is 2.20. The molecule has 6 heteroatoms. The number of hydrogen-bond acceptors (Lipinski definition) is 2. The fraction of sp³-hybridized carbons (Fsp3) is 0.588. The van der Waals surface area contributed by atoms with Crippen LogP contribution in [0.2, 0.25) is 39.3 Å². The van der Waals surface area contributed by atoms with Crippen LogP contribution in [0.5, 0.6) is 0 Å². The van der Waals surface area contributed by atoms with Crippen LogP contribution < -0.4 is 5.46 Å². The van der Waals surface area contributed by atoms with E-state index in [4.69, 9.17) is 0 Å². The van der Waals surface area contributed by atoms with E-state index in [9.17, 15) is 4.79 Å². The van der Waals surface area contributed by atoms with Crippen LogP contribution in [0.15, 0.2) is 6.07 Å². The van der Waals surface area contributed by atoms with Gasteiger partial charge in [0, 0.05) is 0 Å². The van der Waals surface area contributed by atoms with Crippen molar-refractivity contribution in [3.05, 3.63) is 28.3 Å². The molecular weight excluding hydrogens is 312 g/mol. The Morgan fingerprint density at radius 3 is 1.61 bits per heavy atom. The van der Waals surface area contributed by atoms with Crippen LogP contribution in [-0.2, 0) is 4.79 Å². The van der Waals surface area contributed by atoms with E-state index in [1.807, 2.05) is 0 Å². The summed E-state index contributed by atoms with van der Waals surface area (Å²) in [7, 11) is -0.781. The van der Waals surface area contributed by atoms with E-state index in [0.29, 0.717) is 0 Å². The monoisotopic (exact) mass is 344 g/mol. The zero-order valence-electron chi connectivity index (χ0n) is 16.7. The van der Waals surface area contributed by atoms with Crippen molar-refractivity contribution < 1.29 is 4.79 Å². The average Bonchev–Trinajstić information content (AvgIpc) is 2.37. The molecule has 0 unspecified atom stereocenters. The summed E-state index contributed by atoms with van der Waals surface area (Å²) >= 11 is 0. The molecule has 0 aromatic heterocycles. The second kappa shape index (κ2) is 7.12. The van der Waals surface area contributed by atoms with Crippen LogP contribution in [-0.4, -0.2) is 40.7 Å². The van der Waals surface area contributed by atoms with Crippen molar-refractivity contribution in [2.24, 2.45) is 0 Å². The highest BCUT2D eigenvalue weighted by Gasteiger charge is 2.38. The summed E-state index contributed by atoms with van der Waals surface area (Å²) in [5, 5.41) is 0. The lowest BCUT2D eigenvalue weighted by molar-refractivity contribution is 0.568. The standard InChI is InChI=1S/C17H32B2NOSi2/c1-13-11-14(2)16(4)17(15(13)3)19(12-21)18-20(22(5,6)7)23(8,9)10/h11-12H,1-10H3. The first-order valence-corrected chi connectivity index (χ1v) is 15.4. The average molecular weight is 344 g/mol. The minimum absolute atomic E-state index is 0.146. The number of rotatable bonds is 6. The van der Waals surface area contributed by atoms with Gasteiger partial charge in [-0.15, -0.1) is 0 Å². The Hall–Kier alpha value is -0.586. The summed E-state index contributed by atoms with van der Waals surface area (Å²) in [6, 6.07) is 2.23. The van der Waals surface area contributed by atoms with E-state index >= 15 is 0 Å². The van der Waals surface area contributed by atoms with Gasteiger partial charge in [-0.1, -0.05) is 61.9 Å². The predicted octanol–water partition coefficient (Wildman–Crippen LogP) is 3.48. The fourth-order valence-electron chi connectivity index (χ4n) is 3.54. The first kappa shape index (κ1) is 20.5. The van der Waals surface area contributed by atoms with Crippen molar-refractivity contribution in [1.82, 2.24) is 4.14 Å². The van der Waals surface area contributed by atoms with Crippen molar-refractivity contribution >= 4 is 42.0 Å². The molecular formula is C17H32B2NOSi2. The lowest BCUT2D eigenvalue weighted by Gasteiger charge is -2.45. The van der Waals surface area contributed by atoms with Crippen LogP contribution >= 0.6 is 0 Å². The molecule has 0 amide bonds. The molecule has 1 aromatic rings. The van der Waals surface area contributed by atoms with Gasteiger partial charge in [0.2, 0.25) is 6.60 Å². The van der Waals surface area contributed by atoms with Gasteiger partial charge in [0.15, 0.2) is 7.31 Å². The molecule has 0 bridgehead atoms. The molecule has 0 aliphatic heterocycles. The molecule has 0 atom stereocenters. The van der Waals surface area contributed by atoms with Gasteiger partial charge in [0.1, 0.15) is 16.5 Å². The van der Waals surface area contributed by atoms with E-state index in [1.165, 1.54) is 27.7 Å². The summed E-state index contributed by atoms with van der Waals surface area (Å²) in [6.45, 7) is 22.6. The number of carbonyl (C=O) groups is 1. The van der Waals surface area contributed by atoms with Gasteiger partial charge in [0.25, 0.3) is 0 Å². The van der Waals surface area contributed by atoms with Gasteiger partial charge in [-0.2, -0.15) is 0 Å². The topological polar surface area (TPSA) is 20.3 Å². The van der Waals surface area contributed by atoms with Crippen molar-refractivity contribution in [3.8, 4) is 0 Å². The Balaban J connectivity index is 3.38. The Bertz CT molecular complexity index is 551. The van der Waals surface area contributed by atoms with Crippen molar-refractivity contribution in [2.75, 3.05) is 0 Å². The number of nitrogens with zero attached hydrogens (tertiary/aromatic N) is 1. The first-order valence-electron chi connectivity index (χ1n) is 8.47. The van der Waals surface area contributed by atoms with Gasteiger partial charge in [0.05, 0.1) is 6.19 Å². The summed E-state index contributed by atoms with van der Waals surface area (Å²) in [6.07, 6.45) is 1.13. The fourth-order valence-corrected chi connectivity index (χ4v) is 12.8. The minimum Gasteiger partial charge on any atom is -0.398 e. The maximum atomic E-state index is 12.0. The number of hydrogen-bond donors (Lipinski definition) is 0. The Labute approximate surface area is 146 Å². The van der Waals surface area contributed by atoms with E-state index in [2.05, 4.69) is 84.5 Å². The van der Waals surface area contributed by atoms with Crippen molar-refractivity contribution in [2.45, 2.75) is 67.0 Å².